The lowest BCUT2D eigenvalue weighted by Gasteiger charge is -2.00. The fraction of sp³-hybridized carbons (Fsp3) is 0.250. The van der Waals surface area contributed by atoms with E-state index in [9.17, 15) is 0 Å². The molecule has 0 saturated carbocycles. The lowest BCUT2D eigenvalue weighted by atomic mass is 10.1. The summed E-state index contributed by atoms with van der Waals surface area (Å²) < 4.78 is 0. The Bertz CT molecular complexity index is 548. The van der Waals surface area contributed by atoms with Crippen LogP contribution in [0.15, 0.2) is 18.2 Å². The molecule has 0 unspecified atom stereocenters. The largest absolute Gasteiger partial charge is 0.362 e. The maximum absolute atomic E-state index is 5.98. The second-order valence-corrected chi connectivity index (χ2v) is 5.32. The van der Waals surface area contributed by atoms with Crippen molar-refractivity contribution >= 4 is 28.1 Å². The van der Waals surface area contributed by atoms with E-state index in [1.54, 1.807) is 11.3 Å². The van der Waals surface area contributed by atoms with Gasteiger partial charge in [-0.1, -0.05) is 17.7 Å². The smallest absolute Gasteiger partial charge is 0.183 e. The molecule has 2 aromatic rings. The van der Waals surface area contributed by atoms with Gasteiger partial charge in [-0.15, -0.1) is 11.3 Å². The Hall–Kier alpha value is -1.06. The summed E-state index contributed by atoms with van der Waals surface area (Å²) in [5.74, 6) is 0. The maximum atomic E-state index is 5.98. The fourth-order valence-electron chi connectivity index (χ4n) is 2.02. The van der Waals surface area contributed by atoms with Gasteiger partial charge in [-0.2, -0.15) is 0 Å². The van der Waals surface area contributed by atoms with E-state index in [0.717, 1.165) is 28.8 Å². The zero-order valence-electron chi connectivity index (χ0n) is 8.88. The highest BCUT2D eigenvalue weighted by atomic mass is 35.5. The van der Waals surface area contributed by atoms with Gasteiger partial charge in [0.1, 0.15) is 0 Å². The molecule has 2 nitrogen and oxygen atoms in total. The van der Waals surface area contributed by atoms with Crippen LogP contribution in [-0.4, -0.2) is 11.5 Å². The first-order valence-corrected chi connectivity index (χ1v) is 6.49. The molecule has 1 N–H and O–H groups in total. The van der Waals surface area contributed by atoms with Crippen LogP contribution in [0.25, 0.3) is 11.3 Å². The third-order valence-electron chi connectivity index (χ3n) is 2.70. The predicted octanol–water partition coefficient (Wildman–Crippen LogP) is 3.80. The zero-order valence-corrected chi connectivity index (χ0v) is 10.5. The van der Waals surface area contributed by atoms with Gasteiger partial charge in [0.15, 0.2) is 5.13 Å². The van der Waals surface area contributed by atoms with Crippen LogP contribution >= 0.6 is 22.9 Å². The standard InChI is InChI=1S/C12H11ClN2S/c1-2-14-12-15-11-9-4-3-8(13)5-7(9)6-10(11)16-12/h3-5H,2,6H2,1H3,(H,14,15). The van der Waals surface area contributed by atoms with Gasteiger partial charge in [-0.25, -0.2) is 4.98 Å². The molecule has 0 spiro atoms. The highest BCUT2D eigenvalue weighted by Gasteiger charge is 2.23. The van der Waals surface area contributed by atoms with Crippen molar-refractivity contribution in [1.82, 2.24) is 4.98 Å². The van der Waals surface area contributed by atoms with Crippen LogP contribution in [0.1, 0.15) is 17.4 Å². The Labute approximate surface area is 103 Å². The van der Waals surface area contributed by atoms with Crippen LogP contribution in [0.3, 0.4) is 0 Å². The number of hydrogen-bond donors (Lipinski definition) is 1. The normalized spacial score (nSPS) is 12.4. The highest BCUT2D eigenvalue weighted by molar-refractivity contribution is 7.16. The van der Waals surface area contributed by atoms with Crippen LogP contribution in [0.4, 0.5) is 5.13 Å². The van der Waals surface area contributed by atoms with Crippen molar-refractivity contribution in [3.05, 3.63) is 33.7 Å². The molecule has 82 valence electrons. The summed E-state index contributed by atoms with van der Waals surface area (Å²) in [7, 11) is 0. The fourth-order valence-corrected chi connectivity index (χ4v) is 3.28. The van der Waals surface area contributed by atoms with Crippen molar-refractivity contribution in [2.75, 3.05) is 11.9 Å². The van der Waals surface area contributed by atoms with Crippen molar-refractivity contribution in [3.8, 4) is 11.3 Å². The van der Waals surface area contributed by atoms with Crippen LogP contribution in [-0.2, 0) is 6.42 Å². The molecule has 4 heteroatoms. The van der Waals surface area contributed by atoms with Crippen molar-refractivity contribution in [1.29, 1.82) is 0 Å². The number of fused-ring (bicyclic) bond motifs is 3. The molecule has 0 saturated heterocycles. The number of nitrogens with one attached hydrogen (secondary N) is 1. The van der Waals surface area contributed by atoms with Crippen molar-refractivity contribution < 1.29 is 0 Å². The number of nitrogens with zero attached hydrogens (tertiary/aromatic N) is 1. The Morgan fingerprint density at radius 2 is 2.38 bits per heavy atom. The van der Waals surface area contributed by atoms with Crippen LogP contribution in [0.2, 0.25) is 5.02 Å². The number of halogens is 1. The molecule has 1 aliphatic carbocycles. The number of hydrogen-bond acceptors (Lipinski definition) is 3. The van der Waals surface area contributed by atoms with E-state index in [4.69, 9.17) is 11.6 Å². The summed E-state index contributed by atoms with van der Waals surface area (Å²) in [4.78, 5) is 5.96. The van der Waals surface area contributed by atoms with Gasteiger partial charge in [0.2, 0.25) is 0 Å². The van der Waals surface area contributed by atoms with Gasteiger partial charge in [-0.05, 0) is 24.6 Å². The number of aromatic nitrogens is 1. The van der Waals surface area contributed by atoms with E-state index < -0.39 is 0 Å². The number of benzene rings is 1. The number of anilines is 1. The summed E-state index contributed by atoms with van der Waals surface area (Å²) in [6.07, 6.45) is 0.967. The molecule has 16 heavy (non-hydrogen) atoms. The van der Waals surface area contributed by atoms with Crippen LogP contribution < -0.4 is 5.32 Å². The first-order valence-electron chi connectivity index (χ1n) is 5.30. The minimum atomic E-state index is 0.806. The molecule has 0 aliphatic heterocycles. The van der Waals surface area contributed by atoms with Gasteiger partial charge < -0.3 is 5.32 Å². The zero-order chi connectivity index (χ0) is 11.1. The minimum Gasteiger partial charge on any atom is -0.362 e. The van der Waals surface area contributed by atoms with Crippen molar-refractivity contribution in [2.45, 2.75) is 13.3 Å². The Morgan fingerprint density at radius 1 is 1.50 bits per heavy atom. The van der Waals surface area contributed by atoms with Gasteiger partial charge >= 0.3 is 0 Å². The summed E-state index contributed by atoms with van der Waals surface area (Å²) in [5, 5.41) is 5.09. The molecule has 0 fully saturated rings. The molecule has 0 bridgehead atoms. The number of thiazole rings is 1. The Morgan fingerprint density at radius 3 is 3.19 bits per heavy atom. The van der Waals surface area contributed by atoms with Crippen molar-refractivity contribution in [3.63, 3.8) is 0 Å². The summed E-state index contributed by atoms with van der Waals surface area (Å²) >= 11 is 7.73. The van der Waals surface area contributed by atoms with Crippen molar-refractivity contribution in [2.24, 2.45) is 0 Å². The van der Waals surface area contributed by atoms with Gasteiger partial charge in [-0.3, -0.25) is 0 Å². The molecule has 1 heterocycles. The lowest BCUT2D eigenvalue weighted by molar-refractivity contribution is 1.19. The van der Waals surface area contributed by atoms with E-state index >= 15 is 0 Å². The molecule has 0 radical (unpaired) electrons. The molecular weight excluding hydrogens is 240 g/mol. The van der Waals surface area contributed by atoms with E-state index in [-0.39, 0.29) is 0 Å². The molecule has 0 amide bonds. The molecule has 1 aromatic carbocycles. The average Bonchev–Trinajstić information content (AvgIpc) is 2.74. The summed E-state index contributed by atoms with van der Waals surface area (Å²) in [6, 6.07) is 6.04. The third kappa shape index (κ3) is 1.51. The van der Waals surface area contributed by atoms with Gasteiger partial charge in [0.05, 0.1) is 5.69 Å². The Balaban J connectivity index is 2.06. The van der Waals surface area contributed by atoms with Crippen LogP contribution in [0, 0.1) is 0 Å². The van der Waals surface area contributed by atoms with Gasteiger partial charge in [0, 0.05) is 28.4 Å². The third-order valence-corrected chi connectivity index (χ3v) is 3.95. The average molecular weight is 251 g/mol. The monoisotopic (exact) mass is 250 g/mol. The number of rotatable bonds is 2. The topological polar surface area (TPSA) is 24.9 Å². The minimum absolute atomic E-state index is 0.806. The second kappa shape index (κ2) is 3.75. The Kier molecular flexibility index (Phi) is 2.37. The van der Waals surface area contributed by atoms with E-state index in [0.29, 0.717) is 0 Å². The first-order chi connectivity index (χ1) is 7.78. The predicted molar refractivity (Wildman–Crippen MR) is 69.5 cm³/mol. The maximum Gasteiger partial charge on any atom is 0.183 e. The lowest BCUT2D eigenvalue weighted by Crippen LogP contribution is -1.95. The van der Waals surface area contributed by atoms with E-state index in [1.165, 1.54) is 16.0 Å². The molecule has 1 aromatic heterocycles. The quantitative estimate of drug-likeness (QED) is 0.748. The summed E-state index contributed by atoms with van der Waals surface area (Å²) in [6.45, 7) is 3.00. The van der Waals surface area contributed by atoms with E-state index in [1.807, 2.05) is 12.1 Å². The first kappa shape index (κ1) is 10.1. The SMILES string of the molecule is CCNc1nc2c(s1)Cc1cc(Cl)ccc1-2. The van der Waals surface area contributed by atoms with Gasteiger partial charge in [0.25, 0.3) is 0 Å². The van der Waals surface area contributed by atoms with E-state index in [2.05, 4.69) is 23.3 Å². The molecule has 3 rings (SSSR count). The highest BCUT2D eigenvalue weighted by Crippen LogP contribution is 2.41. The van der Waals surface area contributed by atoms with Crippen LogP contribution in [0.5, 0.6) is 0 Å². The molecular formula is C12H11ClN2S. The molecule has 1 aliphatic rings. The summed E-state index contributed by atoms with van der Waals surface area (Å²) in [5.41, 5.74) is 3.66. The second-order valence-electron chi connectivity index (χ2n) is 3.80. The molecule has 0 atom stereocenters.